The number of aromatic nitrogens is 2. The van der Waals surface area contributed by atoms with Gasteiger partial charge in [0, 0.05) is 23.8 Å². The van der Waals surface area contributed by atoms with Crippen LogP contribution in [0.4, 0.5) is 4.79 Å². The monoisotopic (exact) mass is 654 g/mol. The lowest BCUT2D eigenvalue weighted by atomic mass is 9.95. The number of nitrogens with one attached hydrogen (secondary N) is 2. The minimum absolute atomic E-state index is 0.0954. The summed E-state index contributed by atoms with van der Waals surface area (Å²) in [6, 6.07) is 12.1. The number of fused-ring (bicyclic) bond motifs is 1. The van der Waals surface area contributed by atoms with Crippen molar-refractivity contribution in [1.82, 2.24) is 30.0 Å². The third kappa shape index (κ3) is 5.76. The van der Waals surface area contributed by atoms with Gasteiger partial charge in [0.15, 0.2) is 0 Å². The molecule has 1 fully saturated rings. The van der Waals surface area contributed by atoms with E-state index in [2.05, 4.69) is 43.9 Å². The molecule has 0 bridgehead atoms. The number of benzene rings is 2. The van der Waals surface area contributed by atoms with Gasteiger partial charge in [0.2, 0.25) is 12.3 Å². The third-order valence-corrected chi connectivity index (χ3v) is 8.46. The molecular weight excluding hydrogens is 622 g/mol. The Kier molecular flexibility index (Phi) is 8.50. The lowest BCUT2D eigenvalue weighted by molar-refractivity contribution is -0.145. The number of urea groups is 1. The first-order chi connectivity index (χ1) is 19.2. The smallest absolute Gasteiger partial charge is 0.322 e. The molecule has 1 saturated heterocycles. The summed E-state index contributed by atoms with van der Waals surface area (Å²) in [5.74, 6) is 0.167. The molecule has 3 heterocycles. The van der Waals surface area contributed by atoms with Gasteiger partial charge < -0.3 is 29.5 Å². The van der Waals surface area contributed by atoms with Crippen LogP contribution in [-0.4, -0.2) is 82.3 Å². The standard InChI is InChI=1S/C28H32BIN6O4/c1-16(2)24(33-27(38)40-3)26(37)36-15-35(28(39)34-12-18-5-4-6-21(30)20(18)13-34)14-23(36)25-31-11-22(32-25)17-7-9-19(29)10-8-17/h4-11,16,23-24,27,33,38H,12-15H2,1-3H3,(H,31,32)/t23?,24-,27?/m0/s1. The normalized spacial score (nSPS) is 18.4. The molecule has 5 rings (SSSR count). The Morgan fingerprint density at radius 2 is 1.93 bits per heavy atom. The predicted molar refractivity (Wildman–Crippen MR) is 159 cm³/mol. The van der Waals surface area contributed by atoms with Crippen LogP contribution in [-0.2, 0) is 22.6 Å². The summed E-state index contributed by atoms with van der Waals surface area (Å²) in [6.45, 7) is 5.21. The molecule has 40 heavy (non-hydrogen) atoms. The van der Waals surface area contributed by atoms with Crippen molar-refractivity contribution in [1.29, 1.82) is 0 Å². The minimum Gasteiger partial charge on any atom is -0.356 e. The Labute approximate surface area is 248 Å². The predicted octanol–water partition coefficient (Wildman–Crippen LogP) is 2.29. The van der Waals surface area contributed by atoms with Crippen molar-refractivity contribution >= 4 is 47.8 Å². The molecule has 12 heteroatoms. The molecule has 3 aromatic rings. The van der Waals surface area contributed by atoms with Crippen molar-refractivity contribution in [3.8, 4) is 11.3 Å². The number of aliphatic hydroxyl groups excluding tert-OH is 1. The van der Waals surface area contributed by atoms with Crippen molar-refractivity contribution in [3.05, 3.63) is 69.2 Å². The largest absolute Gasteiger partial charge is 0.356 e. The molecule has 0 spiro atoms. The zero-order valence-corrected chi connectivity index (χ0v) is 24.8. The number of aliphatic hydroxyl groups is 1. The van der Waals surface area contributed by atoms with E-state index in [9.17, 15) is 14.7 Å². The van der Waals surface area contributed by atoms with Crippen LogP contribution in [0, 0.1) is 9.49 Å². The van der Waals surface area contributed by atoms with Crippen LogP contribution >= 0.6 is 22.6 Å². The van der Waals surface area contributed by atoms with Crippen LogP contribution in [0.15, 0.2) is 48.7 Å². The fourth-order valence-corrected chi connectivity index (χ4v) is 5.95. The highest BCUT2D eigenvalue weighted by molar-refractivity contribution is 14.1. The van der Waals surface area contributed by atoms with Gasteiger partial charge in [0.25, 0.3) is 0 Å². The van der Waals surface area contributed by atoms with Gasteiger partial charge in [-0.3, -0.25) is 10.1 Å². The van der Waals surface area contributed by atoms with E-state index in [0.717, 1.165) is 26.0 Å². The topological polar surface area (TPSA) is 114 Å². The number of carbonyl (C=O) groups is 2. The summed E-state index contributed by atoms with van der Waals surface area (Å²) in [7, 11) is 7.20. The van der Waals surface area contributed by atoms with Crippen LogP contribution in [0.2, 0.25) is 0 Å². The highest BCUT2D eigenvalue weighted by Crippen LogP contribution is 2.33. The number of halogens is 1. The van der Waals surface area contributed by atoms with Crippen molar-refractivity contribution in [2.45, 2.75) is 45.4 Å². The number of amides is 3. The molecule has 2 aliphatic heterocycles. The number of methoxy groups -OCH3 is 1. The fraction of sp³-hybridized carbons (Fsp3) is 0.393. The van der Waals surface area contributed by atoms with Gasteiger partial charge in [-0.2, -0.15) is 0 Å². The Bertz CT molecular complexity index is 1380. The number of H-pyrrole nitrogens is 1. The van der Waals surface area contributed by atoms with E-state index in [0.29, 0.717) is 24.4 Å². The van der Waals surface area contributed by atoms with Gasteiger partial charge in [-0.1, -0.05) is 55.7 Å². The lowest BCUT2D eigenvalue weighted by Gasteiger charge is -2.31. The molecule has 3 amide bonds. The molecule has 0 aliphatic carbocycles. The first-order valence-electron chi connectivity index (χ1n) is 13.1. The SMILES string of the molecule is [B]c1ccc(-c2cnc(C3CN(C(=O)N4Cc5cccc(I)c5C4)CN3C(=O)[C@@H](NC(O)OC)C(C)C)[nH]2)cc1. The highest BCUT2D eigenvalue weighted by Gasteiger charge is 2.43. The van der Waals surface area contributed by atoms with Crippen molar-refractivity contribution in [2.75, 3.05) is 20.3 Å². The van der Waals surface area contributed by atoms with E-state index < -0.39 is 18.5 Å². The molecule has 2 unspecified atom stereocenters. The van der Waals surface area contributed by atoms with Gasteiger partial charge in [0.05, 0.1) is 31.1 Å². The van der Waals surface area contributed by atoms with Crippen LogP contribution in [0.25, 0.3) is 11.3 Å². The summed E-state index contributed by atoms with van der Waals surface area (Å²) in [5, 5.41) is 12.9. The average molecular weight is 654 g/mol. The van der Waals surface area contributed by atoms with Gasteiger partial charge >= 0.3 is 6.03 Å². The summed E-state index contributed by atoms with van der Waals surface area (Å²) in [4.78, 5) is 40.8. The molecule has 0 saturated carbocycles. The zero-order valence-electron chi connectivity index (χ0n) is 22.7. The Morgan fingerprint density at radius 1 is 1.18 bits per heavy atom. The maximum Gasteiger partial charge on any atom is 0.322 e. The minimum atomic E-state index is -1.30. The second-order valence-electron chi connectivity index (χ2n) is 10.5. The molecule has 2 radical (unpaired) electrons. The first kappa shape index (κ1) is 28.6. The summed E-state index contributed by atoms with van der Waals surface area (Å²) in [6.07, 6.45) is 0.418. The summed E-state index contributed by atoms with van der Waals surface area (Å²) < 4.78 is 6.09. The number of hydrogen-bond donors (Lipinski definition) is 3. The molecule has 10 nitrogen and oxygen atoms in total. The van der Waals surface area contributed by atoms with Crippen LogP contribution in [0.5, 0.6) is 0 Å². The maximum absolute atomic E-state index is 13.9. The zero-order chi connectivity index (χ0) is 28.6. The second kappa shape index (κ2) is 11.9. The maximum atomic E-state index is 13.9. The van der Waals surface area contributed by atoms with Crippen molar-refractivity contribution < 1.29 is 19.4 Å². The highest BCUT2D eigenvalue weighted by atomic mass is 127. The average Bonchev–Trinajstić information content (AvgIpc) is 3.69. The van der Waals surface area contributed by atoms with Crippen molar-refractivity contribution in [3.63, 3.8) is 0 Å². The quantitative estimate of drug-likeness (QED) is 0.205. The van der Waals surface area contributed by atoms with E-state index in [1.807, 2.05) is 55.1 Å². The van der Waals surface area contributed by atoms with Gasteiger partial charge in [-0.15, -0.1) is 0 Å². The van der Waals surface area contributed by atoms with Gasteiger partial charge in [0.1, 0.15) is 19.7 Å². The second-order valence-corrected chi connectivity index (χ2v) is 11.6. The lowest BCUT2D eigenvalue weighted by Crippen LogP contribution is -2.53. The number of hydrogen-bond acceptors (Lipinski definition) is 6. The first-order valence-corrected chi connectivity index (χ1v) is 14.2. The summed E-state index contributed by atoms with van der Waals surface area (Å²) >= 11 is 2.30. The fourth-order valence-electron chi connectivity index (χ4n) is 5.22. The van der Waals surface area contributed by atoms with E-state index in [4.69, 9.17) is 12.6 Å². The number of rotatable bonds is 7. The number of carbonyl (C=O) groups excluding carboxylic acids is 2. The Morgan fingerprint density at radius 3 is 2.60 bits per heavy atom. The molecule has 2 aliphatic rings. The third-order valence-electron chi connectivity index (χ3n) is 7.45. The molecular formula is C28H32BIN6O4. The molecule has 3 atom stereocenters. The number of aromatic amines is 1. The Balaban J connectivity index is 1.42. The molecule has 1 aromatic heterocycles. The Hall–Kier alpha value is -2.94. The van der Waals surface area contributed by atoms with E-state index in [-0.39, 0.29) is 31.1 Å². The van der Waals surface area contributed by atoms with Gasteiger partial charge in [-0.25, -0.2) is 9.78 Å². The van der Waals surface area contributed by atoms with Crippen LogP contribution < -0.4 is 10.8 Å². The van der Waals surface area contributed by atoms with E-state index in [1.165, 1.54) is 7.11 Å². The molecule has 2 aromatic carbocycles. The molecule has 208 valence electrons. The van der Waals surface area contributed by atoms with Crippen LogP contribution in [0.1, 0.15) is 36.8 Å². The molecule has 3 N–H and O–H groups in total. The number of imidazole rings is 1. The number of ether oxygens (including phenoxy) is 1. The van der Waals surface area contributed by atoms with Crippen LogP contribution in [0.3, 0.4) is 0 Å². The van der Waals surface area contributed by atoms with Gasteiger partial charge in [-0.05, 0) is 51.3 Å². The van der Waals surface area contributed by atoms with E-state index >= 15 is 0 Å². The summed E-state index contributed by atoms with van der Waals surface area (Å²) in [5.41, 5.74) is 4.66. The van der Waals surface area contributed by atoms with Crippen molar-refractivity contribution in [2.24, 2.45) is 5.92 Å². The van der Waals surface area contributed by atoms with E-state index in [1.54, 1.807) is 16.0 Å². The number of nitrogens with zero attached hydrogens (tertiary/aromatic N) is 4.